The van der Waals surface area contributed by atoms with E-state index in [1.807, 2.05) is 0 Å². The van der Waals surface area contributed by atoms with Crippen LogP contribution in [0.2, 0.25) is 0 Å². The van der Waals surface area contributed by atoms with Gasteiger partial charge in [0, 0.05) is 12.1 Å². The highest BCUT2D eigenvalue weighted by molar-refractivity contribution is 5.49. The summed E-state index contributed by atoms with van der Waals surface area (Å²) in [7, 11) is 1.68. The van der Waals surface area contributed by atoms with Crippen LogP contribution in [0.5, 0.6) is 11.5 Å². The topological polar surface area (TPSA) is 64.4 Å². The summed E-state index contributed by atoms with van der Waals surface area (Å²) in [6.07, 6.45) is 0. The number of halogens is 2. The van der Waals surface area contributed by atoms with Gasteiger partial charge in [0.15, 0.2) is 0 Å². The maximum absolute atomic E-state index is 13.2. The van der Waals surface area contributed by atoms with Gasteiger partial charge in [-0.25, -0.2) is 8.78 Å². The van der Waals surface area contributed by atoms with Crippen molar-refractivity contribution in [2.75, 3.05) is 7.05 Å². The van der Waals surface area contributed by atoms with E-state index in [2.05, 4.69) is 5.32 Å². The Morgan fingerprint density at radius 2 is 1.76 bits per heavy atom. The molecule has 0 bridgehead atoms. The van der Waals surface area contributed by atoms with Crippen molar-refractivity contribution in [1.29, 1.82) is 0 Å². The molecule has 5 nitrogen and oxygen atoms in total. The number of nitro groups is 1. The van der Waals surface area contributed by atoms with Crippen LogP contribution in [0.1, 0.15) is 5.56 Å². The molecule has 0 heterocycles. The van der Waals surface area contributed by atoms with Crippen LogP contribution in [-0.4, -0.2) is 12.0 Å². The van der Waals surface area contributed by atoms with Crippen molar-refractivity contribution < 1.29 is 18.4 Å². The second kappa shape index (κ2) is 6.27. The minimum atomic E-state index is -0.736. The smallest absolute Gasteiger partial charge is 0.314 e. The zero-order valence-electron chi connectivity index (χ0n) is 11.1. The molecule has 2 rings (SSSR count). The van der Waals surface area contributed by atoms with Crippen molar-refractivity contribution in [2.24, 2.45) is 0 Å². The molecule has 0 amide bonds. The molecule has 0 aliphatic heterocycles. The molecule has 0 aromatic heterocycles. The second-order valence-electron chi connectivity index (χ2n) is 4.25. The van der Waals surface area contributed by atoms with Crippen LogP contribution >= 0.6 is 0 Å². The quantitative estimate of drug-likeness (QED) is 0.678. The summed E-state index contributed by atoms with van der Waals surface area (Å²) in [6.45, 7) is 0.322. The molecule has 7 heteroatoms. The largest absolute Gasteiger partial charge is 0.450 e. The molecule has 0 saturated carbocycles. The van der Waals surface area contributed by atoms with Gasteiger partial charge in [-0.1, -0.05) is 0 Å². The van der Waals surface area contributed by atoms with Crippen molar-refractivity contribution in [3.05, 3.63) is 63.7 Å². The molecule has 2 aromatic carbocycles. The van der Waals surface area contributed by atoms with Gasteiger partial charge >= 0.3 is 5.69 Å². The molecule has 0 radical (unpaired) electrons. The zero-order valence-corrected chi connectivity index (χ0v) is 11.1. The Balaban J connectivity index is 2.40. The van der Waals surface area contributed by atoms with E-state index in [-0.39, 0.29) is 11.5 Å². The Hall–Kier alpha value is -2.54. The molecule has 0 saturated heterocycles. The fourth-order valence-electron chi connectivity index (χ4n) is 1.81. The van der Waals surface area contributed by atoms with E-state index in [9.17, 15) is 18.9 Å². The van der Waals surface area contributed by atoms with Crippen molar-refractivity contribution in [3.8, 4) is 11.5 Å². The molecule has 21 heavy (non-hydrogen) atoms. The van der Waals surface area contributed by atoms with Gasteiger partial charge in [0.25, 0.3) is 0 Å². The van der Waals surface area contributed by atoms with Crippen LogP contribution in [0.15, 0.2) is 36.4 Å². The molecule has 1 N–H and O–H groups in total. The van der Waals surface area contributed by atoms with Gasteiger partial charge in [0.2, 0.25) is 5.75 Å². The van der Waals surface area contributed by atoms with E-state index in [0.717, 1.165) is 12.1 Å². The van der Waals surface area contributed by atoms with Gasteiger partial charge < -0.3 is 10.1 Å². The van der Waals surface area contributed by atoms with E-state index in [0.29, 0.717) is 12.1 Å². The Bertz CT molecular complexity index is 677. The Morgan fingerprint density at radius 1 is 1.14 bits per heavy atom. The number of nitro benzene ring substituents is 1. The highest BCUT2D eigenvalue weighted by atomic mass is 19.1. The average molecular weight is 294 g/mol. The van der Waals surface area contributed by atoms with Gasteiger partial charge in [-0.2, -0.15) is 0 Å². The van der Waals surface area contributed by atoms with Crippen molar-refractivity contribution in [3.63, 3.8) is 0 Å². The lowest BCUT2D eigenvalue weighted by Crippen LogP contribution is -2.07. The molecule has 0 fully saturated rings. The molecule has 110 valence electrons. The summed E-state index contributed by atoms with van der Waals surface area (Å²) in [5.74, 6) is -1.02. The van der Waals surface area contributed by atoms with Crippen molar-refractivity contribution >= 4 is 5.69 Å². The summed E-state index contributed by atoms with van der Waals surface area (Å²) in [6, 6.07) is 6.82. The third-order valence-electron chi connectivity index (χ3n) is 2.73. The lowest BCUT2D eigenvalue weighted by atomic mass is 10.2. The normalized spacial score (nSPS) is 10.4. The summed E-state index contributed by atoms with van der Waals surface area (Å²) in [5, 5.41) is 13.8. The number of ether oxygens (including phenoxy) is 1. The predicted molar refractivity (Wildman–Crippen MR) is 72.3 cm³/mol. The molecule has 2 aromatic rings. The van der Waals surface area contributed by atoms with Gasteiger partial charge in [-0.15, -0.1) is 0 Å². The van der Waals surface area contributed by atoms with Gasteiger partial charge in [-0.05, 0) is 37.4 Å². The number of nitrogens with one attached hydrogen (secondary N) is 1. The van der Waals surface area contributed by atoms with Crippen LogP contribution in [-0.2, 0) is 6.54 Å². The summed E-state index contributed by atoms with van der Waals surface area (Å²) < 4.78 is 31.8. The van der Waals surface area contributed by atoms with Gasteiger partial charge in [0.1, 0.15) is 17.4 Å². The first-order valence-corrected chi connectivity index (χ1v) is 6.06. The number of benzene rings is 2. The SMILES string of the molecule is CNCc1cc(F)ccc1Oc1ccc(F)cc1[N+](=O)[O-]. The minimum absolute atomic E-state index is 0.106. The first kappa shape index (κ1) is 14.9. The van der Waals surface area contributed by atoms with Crippen LogP contribution in [0, 0.1) is 21.7 Å². The highest BCUT2D eigenvalue weighted by Gasteiger charge is 2.18. The zero-order chi connectivity index (χ0) is 15.4. The number of hydrogen-bond acceptors (Lipinski definition) is 4. The molecular weight excluding hydrogens is 282 g/mol. The summed E-state index contributed by atoms with van der Waals surface area (Å²) >= 11 is 0. The average Bonchev–Trinajstić information content (AvgIpc) is 2.43. The predicted octanol–water partition coefficient (Wildman–Crippen LogP) is 3.38. The lowest BCUT2D eigenvalue weighted by molar-refractivity contribution is -0.385. The number of nitrogens with zero attached hydrogens (tertiary/aromatic N) is 1. The fraction of sp³-hybridized carbons (Fsp3) is 0.143. The molecule has 0 aliphatic rings. The van der Waals surface area contributed by atoms with E-state index >= 15 is 0 Å². The third kappa shape index (κ3) is 3.51. The first-order valence-electron chi connectivity index (χ1n) is 6.06. The second-order valence-corrected chi connectivity index (χ2v) is 4.25. The van der Waals surface area contributed by atoms with Crippen LogP contribution < -0.4 is 10.1 Å². The minimum Gasteiger partial charge on any atom is -0.450 e. The number of rotatable bonds is 5. The summed E-state index contributed by atoms with van der Waals surface area (Å²) in [5.41, 5.74) is 0.00542. The molecule has 0 unspecified atom stereocenters. The third-order valence-corrected chi connectivity index (χ3v) is 2.73. The highest BCUT2D eigenvalue weighted by Crippen LogP contribution is 2.33. The van der Waals surface area contributed by atoms with Gasteiger partial charge in [0.05, 0.1) is 11.0 Å². The van der Waals surface area contributed by atoms with Crippen LogP contribution in [0.4, 0.5) is 14.5 Å². The maximum Gasteiger partial charge on any atom is 0.314 e. The summed E-state index contributed by atoms with van der Waals surface area (Å²) in [4.78, 5) is 10.2. The monoisotopic (exact) mass is 294 g/mol. The van der Waals surface area contributed by atoms with E-state index < -0.39 is 22.2 Å². The Morgan fingerprint density at radius 3 is 2.38 bits per heavy atom. The standard InChI is InChI=1S/C14H12F2N2O3/c1-17-8-9-6-10(15)2-4-13(9)21-14-5-3-11(16)7-12(14)18(19)20/h2-7,17H,8H2,1H3. The van der Waals surface area contributed by atoms with Crippen molar-refractivity contribution in [1.82, 2.24) is 5.32 Å². The number of hydrogen-bond donors (Lipinski definition) is 1. The first-order chi connectivity index (χ1) is 10.0. The molecule has 0 aliphatic carbocycles. The van der Waals surface area contributed by atoms with E-state index in [1.54, 1.807) is 7.05 Å². The van der Waals surface area contributed by atoms with Crippen LogP contribution in [0.25, 0.3) is 0 Å². The molecule has 0 atom stereocenters. The van der Waals surface area contributed by atoms with Crippen molar-refractivity contribution in [2.45, 2.75) is 6.54 Å². The Labute approximate surface area is 119 Å². The lowest BCUT2D eigenvalue weighted by Gasteiger charge is -2.11. The van der Waals surface area contributed by atoms with Gasteiger partial charge in [-0.3, -0.25) is 10.1 Å². The Kier molecular flexibility index (Phi) is 4.44. The fourth-order valence-corrected chi connectivity index (χ4v) is 1.81. The van der Waals surface area contributed by atoms with E-state index in [4.69, 9.17) is 4.74 Å². The maximum atomic E-state index is 13.2. The molecular formula is C14H12F2N2O3. The molecule has 0 spiro atoms. The van der Waals surface area contributed by atoms with E-state index in [1.165, 1.54) is 24.3 Å². The van der Waals surface area contributed by atoms with Crippen LogP contribution in [0.3, 0.4) is 0 Å².